The Morgan fingerprint density at radius 3 is 2.61 bits per heavy atom. The summed E-state index contributed by atoms with van der Waals surface area (Å²) in [6, 6.07) is 13.7. The number of ether oxygens (including phenoxy) is 1. The van der Waals surface area contributed by atoms with Crippen molar-refractivity contribution in [2.45, 2.75) is 26.0 Å². The zero-order valence-electron chi connectivity index (χ0n) is 13.1. The molecule has 0 saturated heterocycles. The third-order valence-corrected chi connectivity index (χ3v) is 3.51. The van der Waals surface area contributed by atoms with Crippen LogP contribution in [0.2, 0.25) is 0 Å². The molecule has 2 aromatic carbocycles. The van der Waals surface area contributed by atoms with Crippen LogP contribution in [0.3, 0.4) is 0 Å². The number of hydrogen-bond acceptors (Lipinski definition) is 3. The molecule has 4 nitrogen and oxygen atoms in total. The highest BCUT2D eigenvalue weighted by Crippen LogP contribution is 2.15. The Hall–Kier alpha value is -2.40. The number of carbonyl (C=O) groups is 1. The molecule has 0 aliphatic rings. The lowest BCUT2D eigenvalue weighted by Gasteiger charge is -2.10. The molecule has 0 bridgehead atoms. The van der Waals surface area contributed by atoms with Gasteiger partial charge in [-0.1, -0.05) is 24.3 Å². The first-order valence-electron chi connectivity index (χ1n) is 7.53. The van der Waals surface area contributed by atoms with Crippen LogP contribution in [0.4, 0.5) is 4.39 Å². The summed E-state index contributed by atoms with van der Waals surface area (Å²) in [7, 11) is 0. The van der Waals surface area contributed by atoms with Crippen molar-refractivity contribution >= 4 is 5.91 Å². The summed E-state index contributed by atoms with van der Waals surface area (Å²) in [6.45, 7) is 2.74. The molecule has 0 fully saturated rings. The second-order valence-electron chi connectivity index (χ2n) is 5.39. The first-order valence-corrected chi connectivity index (χ1v) is 7.53. The quantitative estimate of drug-likeness (QED) is 0.786. The highest BCUT2D eigenvalue weighted by molar-refractivity contribution is 5.79. The maximum absolute atomic E-state index is 13.1. The Labute approximate surface area is 135 Å². The summed E-state index contributed by atoms with van der Waals surface area (Å²) in [5.41, 5.74) is 7.11. The molecule has 0 radical (unpaired) electrons. The molecule has 5 heteroatoms. The fourth-order valence-corrected chi connectivity index (χ4v) is 2.08. The number of carbonyl (C=O) groups excluding carboxylic acids is 1. The average Bonchev–Trinajstić information content (AvgIpc) is 2.54. The Morgan fingerprint density at radius 2 is 1.96 bits per heavy atom. The summed E-state index contributed by atoms with van der Waals surface area (Å²) in [4.78, 5) is 10.9. The largest absolute Gasteiger partial charge is 0.489 e. The first kappa shape index (κ1) is 17.0. The maximum atomic E-state index is 13.1. The number of nitrogens with two attached hydrogens (primary N) is 1. The maximum Gasteiger partial charge on any atom is 0.234 e. The highest BCUT2D eigenvalue weighted by Gasteiger charge is 2.06. The van der Waals surface area contributed by atoms with Crippen molar-refractivity contribution in [1.29, 1.82) is 0 Å². The van der Waals surface area contributed by atoms with E-state index in [1.807, 2.05) is 30.3 Å². The van der Waals surface area contributed by atoms with Crippen LogP contribution in [0.1, 0.15) is 18.1 Å². The predicted octanol–water partition coefficient (Wildman–Crippen LogP) is 2.41. The highest BCUT2D eigenvalue weighted by atomic mass is 19.1. The van der Waals surface area contributed by atoms with Gasteiger partial charge in [0.05, 0.1) is 6.04 Å². The second-order valence-corrected chi connectivity index (χ2v) is 5.39. The summed E-state index contributed by atoms with van der Waals surface area (Å²) in [5, 5.41) is 3.06. The summed E-state index contributed by atoms with van der Waals surface area (Å²) >= 11 is 0. The number of amides is 1. The van der Waals surface area contributed by atoms with Crippen molar-refractivity contribution in [2.24, 2.45) is 5.73 Å². The van der Waals surface area contributed by atoms with Crippen molar-refractivity contribution in [2.75, 3.05) is 6.54 Å². The number of halogens is 1. The molecule has 0 spiro atoms. The SMILES string of the molecule is C[C@H](NCCc1ccc(OCc2cccc(F)c2)cc1)C(N)=O. The van der Waals surface area contributed by atoms with E-state index in [9.17, 15) is 9.18 Å². The lowest BCUT2D eigenvalue weighted by Crippen LogP contribution is -2.39. The minimum atomic E-state index is -0.355. The van der Waals surface area contributed by atoms with Gasteiger partial charge in [0.1, 0.15) is 18.2 Å². The van der Waals surface area contributed by atoms with E-state index in [4.69, 9.17) is 10.5 Å². The number of hydrogen-bond donors (Lipinski definition) is 2. The Kier molecular flexibility index (Phi) is 6.11. The average molecular weight is 316 g/mol. The van der Waals surface area contributed by atoms with E-state index in [0.717, 1.165) is 23.3 Å². The lowest BCUT2D eigenvalue weighted by atomic mass is 10.1. The molecular weight excluding hydrogens is 295 g/mol. The van der Waals surface area contributed by atoms with Gasteiger partial charge in [-0.15, -0.1) is 0 Å². The zero-order valence-corrected chi connectivity index (χ0v) is 13.1. The molecule has 0 aliphatic carbocycles. The van der Waals surface area contributed by atoms with E-state index in [0.29, 0.717) is 13.2 Å². The summed E-state index contributed by atoms with van der Waals surface area (Å²) in [6.07, 6.45) is 0.793. The molecule has 3 N–H and O–H groups in total. The second kappa shape index (κ2) is 8.29. The van der Waals surface area contributed by atoms with Crippen LogP contribution in [0.25, 0.3) is 0 Å². The van der Waals surface area contributed by atoms with Crippen molar-refractivity contribution < 1.29 is 13.9 Å². The van der Waals surface area contributed by atoms with E-state index in [1.54, 1.807) is 13.0 Å². The normalized spacial score (nSPS) is 11.9. The van der Waals surface area contributed by atoms with Crippen LogP contribution in [0.5, 0.6) is 5.75 Å². The topological polar surface area (TPSA) is 64.3 Å². The molecule has 0 aliphatic heterocycles. The van der Waals surface area contributed by atoms with Crippen molar-refractivity contribution in [3.63, 3.8) is 0 Å². The van der Waals surface area contributed by atoms with E-state index in [-0.39, 0.29) is 17.8 Å². The van der Waals surface area contributed by atoms with Crippen molar-refractivity contribution in [1.82, 2.24) is 5.32 Å². The number of nitrogens with one attached hydrogen (secondary N) is 1. The van der Waals surface area contributed by atoms with Crippen LogP contribution in [0.15, 0.2) is 48.5 Å². The molecule has 0 aromatic heterocycles. The zero-order chi connectivity index (χ0) is 16.7. The Balaban J connectivity index is 1.79. The van der Waals surface area contributed by atoms with Gasteiger partial charge in [0, 0.05) is 0 Å². The number of benzene rings is 2. The van der Waals surface area contributed by atoms with Crippen molar-refractivity contribution in [3.05, 3.63) is 65.5 Å². The van der Waals surface area contributed by atoms with Crippen LogP contribution >= 0.6 is 0 Å². The number of rotatable bonds is 8. The standard InChI is InChI=1S/C18H21FN2O2/c1-13(18(20)22)21-10-9-14-5-7-17(8-6-14)23-12-15-3-2-4-16(19)11-15/h2-8,11,13,21H,9-10,12H2,1H3,(H2,20,22)/t13-/m0/s1. The molecule has 2 aromatic rings. The molecule has 23 heavy (non-hydrogen) atoms. The van der Waals surface area contributed by atoms with E-state index >= 15 is 0 Å². The predicted molar refractivity (Wildman–Crippen MR) is 87.5 cm³/mol. The van der Waals surface area contributed by atoms with Gasteiger partial charge in [-0.05, 0) is 55.3 Å². The van der Waals surface area contributed by atoms with E-state index in [1.165, 1.54) is 12.1 Å². The van der Waals surface area contributed by atoms with Gasteiger partial charge in [-0.25, -0.2) is 4.39 Å². The molecule has 0 heterocycles. The third kappa shape index (κ3) is 5.71. The summed E-state index contributed by atoms with van der Waals surface area (Å²) in [5.74, 6) is 0.113. The van der Waals surface area contributed by atoms with Crippen LogP contribution in [-0.4, -0.2) is 18.5 Å². The lowest BCUT2D eigenvalue weighted by molar-refractivity contribution is -0.119. The van der Waals surface area contributed by atoms with Gasteiger partial charge in [0.25, 0.3) is 0 Å². The van der Waals surface area contributed by atoms with Crippen molar-refractivity contribution in [3.8, 4) is 5.75 Å². The minimum absolute atomic E-state index is 0.265. The third-order valence-electron chi connectivity index (χ3n) is 3.51. The van der Waals surface area contributed by atoms with Crippen LogP contribution < -0.4 is 15.8 Å². The minimum Gasteiger partial charge on any atom is -0.489 e. The van der Waals surface area contributed by atoms with Crippen LogP contribution in [-0.2, 0) is 17.8 Å². The summed E-state index contributed by atoms with van der Waals surface area (Å²) < 4.78 is 18.7. The van der Waals surface area contributed by atoms with Crippen LogP contribution in [0, 0.1) is 5.82 Å². The van der Waals surface area contributed by atoms with Gasteiger partial charge in [0.2, 0.25) is 5.91 Å². The molecule has 0 saturated carbocycles. The van der Waals surface area contributed by atoms with Gasteiger partial charge in [0.15, 0.2) is 0 Å². The number of primary amides is 1. The van der Waals surface area contributed by atoms with Gasteiger partial charge >= 0.3 is 0 Å². The van der Waals surface area contributed by atoms with Gasteiger partial charge < -0.3 is 15.8 Å². The molecule has 1 atom stereocenters. The van der Waals surface area contributed by atoms with E-state index < -0.39 is 0 Å². The van der Waals surface area contributed by atoms with Gasteiger partial charge in [-0.3, -0.25) is 4.79 Å². The molecule has 1 amide bonds. The molecular formula is C18H21FN2O2. The first-order chi connectivity index (χ1) is 11.0. The molecule has 0 unspecified atom stereocenters. The van der Waals surface area contributed by atoms with Gasteiger partial charge in [-0.2, -0.15) is 0 Å². The fourth-order valence-electron chi connectivity index (χ4n) is 2.08. The smallest absolute Gasteiger partial charge is 0.234 e. The molecule has 122 valence electrons. The Bertz CT molecular complexity index is 644. The molecule has 2 rings (SSSR count). The fraction of sp³-hybridized carbons (Fsp3) is 0.278. The Morgan fingerprint density at radius 1 is 1.22 bits per heavy atom. The van der Waals surface area contributed by atoms with E-state index in [2.05, 4.69) is 5.32 Å². The monoisotopic (exact) mass is 316 g/mol.